The van der Waals surface area contributed by atoms with E-state index in [-0.39, 0.29) is 0 Å². The number of aliphatic imine (C=N–C) groups is 1. The lowest BCUT2D eigenvalue weighted by atomic mass is 10.0. The van der Waals surface area contributed by atoms with Crippen LogP contribution in [0.25, 0.3) is 10.9 Å². The molecule has 1 saturated heterocycles. The molecule has 0 spiro atoms. The van der Waals surface area contributed by atoms with Crippen molar-refractivity contribution in [3.05, 3.63) is 66.4 Å². The van der Waals surface area contributed by atoms with Crippen LogP contribution in [0.4, 0.5) is 5.69 Å². The smallest absolute Gasteiger partial charge is 0.191 e. The highest BCUT2D eigenvalue weighted by Gasteiger charge is 2.20. The van der Waals surface area contributed by atoms with Crippen LogP contribution in [0, 0.1) is 0 Å². The minimum Gasteiger partial charge on any atom is -0.371 e. The summed E-state index contributed by atoms with van der Waals surface area (Å²) in [5.74, 6) is 0.919. The molecule has 1 aliphatic heterocycles. The minimum atomic E-state index is 0.481. The van der Waals surface area contributed by atoms with Gasteiger partial charge in [0.2, 0.25) is 0 Å². The summed E-state index contributed by atoms with van der Waals surface area (Å²) in [4.78, 5) is 10.2. The van der Waals surface area contributed by atoms with Crippen molar-refractivity contribution in [1.82, 2.24) is 15.6 Å². The van der Waals surface area contributed by atoms with Crippen molar-refractivity contribution in [2.45, 2.75) is 31.7 Å². The number of aromatic nitrogens is 1. The molecule has 1 aromatic heterocycles. The molecule has 2 heterocycles. The van der Waals surface area contributed by atoms with E-state index in [1.807, 2.05) is 7.05 Å². The SMILES string of the molecule is CN=C(NCCCc1c[nH]c2ccccc12)NC1CCN(c2ccccc2)CC1. The van der Waals surface area contributed by atoms with Gasteiger partial charge >= 0.3 is 0 Å². The first-order chi connectivity index (χ1) is 14.3. The highest BCUT2D eigenvalue weighted by Crippen LogP contribution is 2.20. The Morgan fingerprint density at radius 3 is 2.62 bits per heavy atom. The molecular weight excluding hydrogens is 358 g/mol. The average molecular weight is 390 g/mol. The quantitative estimate of drug-likeness (QED) is 0.340. The third kappa shape index (κ3) is 4.91. The van der Waals surface area contributed by atoms with Crippen LogP contribution in [-0.2, 0) is 6.42 Å². The van der Waals surface area contributed by atoms with Gasteiger partial charge in [0, 0.05) is 55.5 Å². The van der Waals surface area contributed by atoms with Crippen LogP contribution in [0.5, 0.6) is 0 Å². The van der Waals surface area contributed by atoms with Crippen molar-refractivity contribution in [3.63, 3.8) is 0 Å². The number of para-hydroxylation sites is 2. The van der Waals surface area contributed by atoms with E-state index in [0.717, 1.165) is 51.3 Å². The molecule has 0 aliphatic carbocycles. The summed E-state index contributed by atoms with van der Waals surface area (Å²) in [5, 5.41) is 8.43. The lowest BCUT2D eigenvalue weighted by Crippen LogP contribution is -2.48. The largest absolute Gasteiger partial charge is 0.371 e. The van der Waals surface area contributed by atoms with Crippen LogP contribution < -0.4 is 15.5 Å². The Labute approximate surface area is 173 Å². The number of benzene rings is 2. The standard InChI is InChI=1S/C24H31N5/c1-25-24(26-15-7-8-19-18-27-23-12-6-5-11-22(19)23)28-20-13-16-29(17-14-20)21-9-3-2-4-10-21/h2-6,9-12,18,20,27H,7-8,13-17H2,1H3,(H2,25,26,28). The number of nitrogens with one attached hydrogen (secondary N) is 3. The zero-order chi connectivity index (χ0) is 19.9. The van der Waals surface area contributed by atoms with Gasteiger partial charge in [0.25, 0.3) is 0 Å². The number of hydrogen-bond donors (Lipinski definition) is 3. The molecule has 3 N–H and O–H groups in total. The van der Waals surface area contributed by atoms with Crippen molar-refractivity contribution in [2.75, 3.05) is 31.6 Å². The number of aromatic amines is 1. The van der Waals surface area contributed by atoms with Gasteiger partial charge in [-0.25, -0.2) is 0 Å². The highest BCUT2D eigenvalue weighted by atomic mass is 15.2. The van der Waals surface area contributed by atoms with Gasteiger partial charge in [-0.3, -0.25) is 4.99 Å². The molecule has 4 rings (SSSR count). The fourth-order valence-electron chi connectivity index (χ4n) is 4.13. The zero-order valence-corrected chi connectivity index (χ0v) is 17.2. The number of anilines is 1. The normalized spacial score (nSPS) is 15.6. The van der Waals surface area contributed by atoms with Crippen LogP contribution in [0.1, 0.15) is 24.8 Å². The molecule has 1 fully saturated rings. The first-order valence-corrected chi connectivity index (χ1v) is 10.7. The Morgan fingerprint density at radius 2 is 1.83 bits per heavy atom. The molecule has 5 nitrogen and oxygen atoms in total. The number of aryl methyl sites for hydroxylation is 1. The third-order valence-electron chi connectivity index (χ3n) is 5.77. The van der Waals surface area contributed by atoms with Crippen molar-refractivity contribution in [1.29, 1.82) is 0 Å². The van der Waals surface area contributed by atoms with E-state index in [0.29, 0.717) is 6.04 Å². The second-order valence-corrected chi connectivity index (χ2v) is 7.70. The van der Waals surface area contributed by atoms with E-state index in [9.17, 15) is 0 Å². The van der Waals surface area contributed by atoms with E-state index in [2.05, 4.69) is 86.3 Å². The fraction of sp³-hybridized carbons (Fsp3) is 0.375. The summed E-state index contributed by atoms with van der Waals surface area (Å²) in [5.41, 5.74) is 3.93. The molecule has 2 aromatic carbocycles. The molecule has 29 heavy (non-hydrogen) atoms. The monoisotopic (exact) mass is 389 g/mol. The molecule has 0 amide bonds. The molecule has 5 heteroatoms. The Hall–Kier alpha value is -2.95. The van der Waals surface area contributed by atoms with E-state index in [1.54, 1.807) is 0 Å². The molecule has 0 atom stereocenters. The number of rotatable bonds is 6. The number of guanidine groups is 1. The third-order valence-corrected chi connectivity index (χ3v) is 5.77. The molecule has 152 valence electrons. The van der Waals surface area contributed by atoms with Crippen molar-refractivity contribution < 1.29 is 0 Å². The maximum atomic E-state index is 4.42. The first-order valence-electron chi connectivity index (χ1n) is 10.7. The summed E-state index contributed by atoms with van der Waals surface area (Å²) in [6.07, 6.45) is 6.53. The summed E-state index contributed by atoms with van der Waals surface area (Å²) < 4.78 is 0. The Balaban J connectivity index is 1.19. The lowest BCUT2D eigenvalue weighted by Gasteiger charge is -2.34. The number of hydrogen-bond acceptors (Lipinski definition) is 2. The van der Waals surface area contributed by atoms with Crippen LogP contribution in [0.3, 0.4) is 0 Å². The average Bonchev–Trinajstić information content (AvgIpc) is 3.20. The molecular formula is C24H31N5. The first kappa shape index (κ1) is 19.4. The van der Waals surface area contributed by atoms with Gasteiger partial charge in [0.1, 0.15) is 0 Å². The Morgan fingerprint density at radius 1 is 1.07 bits per heavy atom. The predicted octanol–water partition coefficient (Wildman–Crippen LogP) is 3.93. The Bertz CT molecular complexity index is 923. The van der Waals surface area contributed by atoms with Crippen LogP contribution in [-0.4, -0.2) is 43.7 Å². The second-order valence-electron chi connectivity index (χ2n) is 7.70. The topological polar surface area (TPSA) is 55.5 Å². The van der Waals surface area contributed by atoms with E-state index < -0.39 is 0 Å². The summed E-state index contributed by atoms with van der Waals surface area (Å²) >= 11 is 0. The van der Waals surface area contributed by atoms with E-state index >= 15 is 0 Å². The van der Waals surface area contributed by atoms with Crippen LogP contribution in [0.15, 0.2) is 65.8 Å². The van der Waals surface area contributed by atoms with Crippen molar-refractivity contribution in [2.24, 2.45) is 4.99 Å². The lowest BCUT2D eigenvalue weighted by molar-refractivity contribution is 0.461. The minimum absolute atomic E-state index is 0.481. The second kappa shape index (κ2) is 9.50. The summed E-state index contributed by atoms with van der Waals surface area (Å²) in [6.45, 7) is 3.08. The van der Waals surface area contributed by atoms with Gasteiger partial charge in [-0.05, 0) is 49.4 Å². The van der Waals surface area contributed by atoms with E-state index in [4.69, 9.17) is 0 Å². The Kier molecular flexibility index (Phi) is 6.35. The van der Waals surface area contributed by atoms with Crippen molar-refractivity contribution in [3.8, 4) is 0 Å². The molecule has 1 aliphatic rings. The van der Waals surface area contributed by atoms with Gasteiger partial charge in [0.05, 0.1) is 0 Å². The van der Waals surface area contributed by atoms with Gasteiger partial charge in [-0.2, -0.15) is 0 Å². The fourth-order valence-corrected chi connectivity index (χ4v) is 4.13. The molecule has 0 unspecified atom stereocenters. The number of fused-ring (bicyclic) bond motifs is 1. The summed E-state index contributed by atoms with van der Waals surface area (Å²) in [6, 6.07) is 19.7. The molecule has 3 aromatic rings. The summed E-state index contributed by atoms with van der Waals surface area (Å²) in [7, 11) is 1.86. The zero-order valence-electron chi connectivity index (χ0n) is 17.2. The van der Waals surface area contributed by atoms with Gasteiger partial charge in [0.15, 0.2) is 5.96 Å². The number of piperidine rings is 1. The molecule has 0 saturated carbocycles. The van der Waals surface area contributed by atoms with Crippen molar-refractivity contribution >= 4 is 22.5 Å². The maximum Gasteiger partial charge on any atom is 0.191 e. The number of H-pyrrole nitrogens is 1. The van der Waals surface area contributed by atoms with Gasteiger partial charge in [-0.15, -0.1) is 0 Å². The molecule has 0 radical (unpaired) electrons. The molecule has 0 bridgehead atoms. The van der Waals surface area contributed by atoms with E-state index in [1.165, 1.54) is 22.2 Å². The van der Waals surface area contributed by atoms with Crippen LogP contribution in [0.2, 0.25) is 0 Å². The number of nitrogens with zero attached hydrogens (tertiary/aromatic N) is 2. The van der Waals surface area contributed by atoms with Gasteiger partial charge < -0.3 is 20.5 Å². The predicted molar refractivity (Wildman–Crippen MR) is 123 cm³/mol. The maximum absolute atomic E-state index is 4.42. The van der Waals surface area contributed by atoms with Crippen LogP contribution >= 0.6 is 0 Å². The van der Waals surface area contributed by atoms with Gasteiger partial charge in [-0.1, -0.05) is 36.4 Å². The highest BCUT2D eigenvalue weighted by molar-refractivity contribution is 5.83.